The van der Waals surface area contributed by atoms with E-state index in [1.807, 2.05) is 30.3 Å². The first-order valence-corrected chi connectivity index (χ1v) is 10.5. The Labute approximate surface area is 189 Å². The highest BCUT2D eigenvalue weighted by Crippen LogP contribution is 2.32. The summed E-state index contributed by atoms with van der Waals surface area (Å²) < 4.78 is 5.21. The quantitative estimate of drug-likeness (QED) is 0.639. The second-order valence-electron chi connectivity index (χ2n) is 7.95. The molecule has 9 heteroatoms. The summed E-state index contributed by atoms with van der Waals surface area (Å²) >= 11 is 0. The molecule has 1 fully saturated rings. The van der Waals surface area contributed by atoms with Crippen molar-refractivity contribution in [2.24, 2.45) is 0 Å². The van der Waals surface area contributed by atoms with Crippen LogP contribution in [0.3, 0.4) is 0 Å². The van der Waals surface area contributed by atoms with Gasteiger partial charge >= 0.3 is 0 Å². The van der Waals surface area contributed by atoms with E-state index in [-0.39, 0.29) is 36.0 Å². The van der Waals surface area contributed by atoms with E-state index in [1.54, 1.807) is 19.2 Å². The number of ether oxygens (including phenoxy) is 1. The number of rotatable bonds is 4. The van der Waals surface area contributed by atoms with Gasteiger partial charge < -0.3 is 20.3 Å². The average molecular weight is 443 g/mol. The van der Waals surface area contributed by atoms with E-state index >= 15 is 0 Å². The van der Waals surface area contributed by atoms with Gasteiger partial charge in [0, 0.05) is 25.0 Å². The minimum Gasteiger partial charge on any atom is -0.497 e. The highest BCUT2D eigenvalue weighted by Gasteiger charge is 2.43. The second kappa shape index (κ2) is 8.34. The summed E-state index contributed by atoms with van der Waals surface area (Å²) in [5, 5.41) is 5.73. The maximum absolute atomic E-state index is 13.4. The van der Waals surface area contributed by atoms with Crippen molar-refractivity contribution in [3.63, 3.8) is 0 Å². The molecule has 2 aromatic carbocycles. The Bertz CT molecular complexity index is 1230. The van der Waals surface area contributed by atoms with Gasteiger partial charge in [0.1, 0.15) is 17.5 Å². The van der Waals surface area contributed by atoms with E-state index in [9.17, 15) is 14.4 Å². The zero-order valence-electron chi connectivity index (χ0n) is 17.8. The molecule has 2 unspecified atom stereocenters. The highest BCUT2D eigenvalue weighted by atomic mass is 16.5. The maximum atomic E-state index is 13.4. The summed E-state index contributed by atoms with van der Waals surface area (Å²) in [7, 11) is 1.61. The van der Waals surface area contributed by atoms with Crippen LogP contribution in [0.1, 0.15) is 27.3 Å². The van der Waals surface area contributed by atoms with Crippen LogP contribution < -0.4 is 15.4 Å². The molecule has 5 rings (SSSR count). The minimum absolute atomic E-state index is 0.185. The molecular formula is C24H21N5O4. The molecule has 3 aromatic rings. The Morgan fingerprint density at radius 2 is 1.91 bits per heavy atom. The summed E-state index contributed by atoms with van der Waals surface area (Å²) in [4.78, 5) is 48.2. The zero-order valence-corrected chi connectivity index (χ0v) is 17.8. The zero-order chi connectivity index (χ0) is 22.9. The summed E-state index contributed by atoms with van der Waals surface area (Å²) in [6.07, 6.45) is 4.61. The maximum Gasteiger partial charge on any atom is 0.271 e. The van der Waals surface area contributed by atoms with Gasteiger partial charge in [-0.1, -0.05) is 18.2 Å². The first-order chi connectivity index (χ1) is 16.0. The van der Waals surface area contributed by atoms with Crippen LogP contribution in [-0.4, -0.2) is 58.3 Å². The van der Waals surface area contributed by atoms with E-state index in [1.165, 1.54) is 23.5 Å². The van der Waals surface area contributed by atoms with Crippen LogP contribution in [0.2, 0.25) is 0 Å². The van der Waals surface area contributed by atoms with Crippen LogP contribution in [0.25, 0.3) is 11.1 Å². The number of fused-ring (bicyclic) bond motifs is 2. The monoisotopic (exact) mass is 443 g/mol. The van der Waals surface area contributed by atoms with Crippen molar-refractivity contribution in [2.45, 2.75) is 18.5 Å². The number of aromatic nitrogens is 2. The van der Waals surface area contributed by atoms with Crippen molar-refractivity contribution in [2.75, 3.05) is 19.0 Å². The van der Waals surface area contributed by atoms with Crippen LogP contribution in [0.4, 0.5) is 5.69 Å². The van der Waals surface area contributed by atoms with Crippen molar-refractivity contribution in [3.05, 3.63) is 72.3 Å². The number of hydrogen-bond acceptors (Lipinski definition) is 6. The Kier molecular flexibility index (Phi) is 5.21. The minimum atomic E-state index is -0.665. The van der Waals surface area contributed by atoms with E-state index in [0.29, 0.717) is 17.7 Å². The van der Waals surface area contributed by atoms with Gasteiger partial charge in [-0.2, -0.15) is 0 Å². The molecule has 2 aliphatic rings. The molecule has 2 N–H and O–H groups in total. The Morgan fingerprint density at radius 3 is 2.64 bits per heavy atom. The van der Waals surface area contributed by atoms with Crippen molar-refractivity contribution in [3.8, 4) is 16.9 Å². The van der Waals surface area contributed by atoms with Gasteiger partial charge in [-0.15, -0.1) is 0 Å². The van der Waals surface area contributed by atoms with Gasteiger partial charge in [-0.3, -0.25) is 19.4 Å². The highest BCUT2D eigenvalue weighted by molar-refractivity contribution is 6.11. The third-order valence-corrected chi connectivity index (χ3v) is 5.93. The molecule has 0 saturated carbocycles. The van der Waals surface area contributed by atoms with Crippen LogP contribution >= 0.6 is 0 Å². The molecule has 1 aromatic heterocycles. The first-order valence-electron chi connectivity index (χ1n) is 10.5. The van der Waals surface area contributed by atoms with Gasteiger partial charge in [0.15, 0.2) is 0 Å². The lowest BCUT2D eigenvalue weighted by Gasteiger charge is -2.20. The van der Waals surface area contributed by atoms with E-state index in [4.69, 9.17) is 4.74 Å². The first kappa shape index (κ1) is 20.6. The Balaban J connectivity index is 1.39. The lowest BCUT2D eigenvalue weighted by molar-refractivity contribution is -0.119. The van der Waals surface area contributed by atoms with E-state index < -0.39 is 6.04 Å². The number of anilines is 1. The average Bonchev–Trinajstić information content (AvgIpc) is 3.24. The number of hydrogen-bond donors (Lipinski definition) is 2. The smallest absolute Gasteiger partial charge is 0.271 e. The summed E-state index contributed by atoms with van der Waals surface area (Å²) in [6, 6.07) is 11.9. The number of methoxy groups -OCH3 is 1. The van der Waals surface area contributed by atoms with Gasteiger partial charge in [-0.05, 0) is 41.8 Å². The van der Waals surface area contributed by atoms with Gasteiger partial charge in [-0.25, -0.2) is 4.98 Å². The van der Waals surface area contributed by atoms with E-state index in [0.717, 1.165) is 16.9 Å². The van der Waals surface area contributed by atoms with Crippen molar-refractivity contribution < 1.29 is 19.1 Å². The number of benzene rings is 2. The third-order valence-electron chi connectivity index (χ3n) is 5.93. The molecule has 33 heavy (non-hydrogen) atoms. The fourth-order valence-corrected chi connectivity index (χ4v) is 4.25. The van der Waals surface area contributed by atoms with Crippen LogP contribution in [0.15, 0.2) is 61.1 Å². The normalized spacial score (nSPS) is 19.2. The fourth-order valence-electron chi connectivity index (χ4n) is 4.25. The number of carbonyl (C=O) groups is 3. The second-order valence-corrected chi connectivity index (χ2v) is 7.95. The number of amides is 3. The van der Waals surface area contributed by atoms with Gasteiger partial charge in [0.2, 0.25) is 5.91 Å². The standard InChI is InChI=1S/C24H21N5O4/c1-33-17-5-2-14(3-6-17)15-4-7-19-18(10-15)24(32)29-13-16(11-21(29)23(31)28-19)27-22(30)20-12-25-8-9-26-20/h2-10,12,16,21H,11,13H2,1H3,(H,27,30)(H,28,31). The van der Waals surface area contributed by atoms with E-state index in [2.05, 4.69) is 20.6 Å². The van der Waals surface area contributed by atoms with Crippen molar-refractivity contribution in [1.29, 1.82) is 0 Å². The number of nitrogens with one attached hydrogen (secondary N) is 2. The molecule has 0 spiro atoms. The Hall–Kier alpha value is -4.27. The number of nitrogens with zero attached hydrogens (tertiary/aromatic N) is 3. The molecule has 9 nitrogen and oxygen atoms in total. The fraction of sp³-hybridized carbons (Fsp3) is 0.208. The predicted octanol–water partition coefficient (Wildman–Crippen LogP) is 2.12. The molecule has 2 aliphatic heterocycles. The molecular weight excluding hydrogens is 422 g/mol. The summed E-state index contributed by atoms with van der Waals surface area (Å²) in [5.41, 5.74) is 2.86. The predicted molar refractivity (Wildman–Crippen MR) is 120 cm³/mol. The largest absolute Gasteiger partial charge is 0.497 e. The van der Waals surface area contributed by atoms with Crippen molar-refractivity contribution in [1.82, 2.24) is 20.2 Å². The topological polar surface area (TPSA) is 114 Å². The summed E-state index contributed by atoms with van der Waals surface area (Å²) in [5.74, 6) is -0.164. The van der Waals surface area contributed by atoms with Crippen LogP contribution in [0, 0.1) is 0 Å². The third kappa shape index (κ3) is 3.89. The summed E-state index contributed by atoms with van der Waals surface area (Å²) in [6.45, 7) is 0.231. The molecule has 166 valence electrons. The number of carbonyl (C=O) groups excluding carboxylic acids is 3. The van der Waals surface area contributed by atoms with Crippen LogP contribution in [0.5, 0.6) is 5.75 Å². The molecule has 0 aliphatic carbocycles. The van der Waals surface area contributed by atoms with Crippen molar-refractivity contribution >= 4 is 23.4 Å². The molecule has 3 heterocycles. The Morgan fingerprint density at radius 1 is 1.12 bits per heavy atom. The molecule has 0 bridgehead atoms. The lowest BCUT2D eigenvalue weighted by atomic mass is 10.0. The van der Waals surface area contributed by atoms with Gasteiger partial charge in [0.25, 0.3) is 11.8 Å². The molecule has 2 atom stereocenters. The molecule has 3 amide bonds. The van der Waals surface area contributed by atoms with Gasteiger partial charge in [0.05, 0.1) is 24.6 Å². The van der Waals surface area contributed by atoms with Crippen LogP contribution in [-0.2, 0) is 4.79 Å². The molecule has 0 radical (unpaired) electrons. The lowest BCUT2D eigenvalue weighted by Crippen LogP contribution is -2.41. The SMILES string of the molecule is COc1ccc(-c2ccc3c(c2)C(=O)N2CC(NC(=O)c4cnccn4)CC2C(=O)N3)cc1. The molecule has 1 saturated heterocycles.